The van der Waals surface area contributed by atoms with Crippen molar-refractivity contribution < 1.29 is 19.8 Å². The summed E-state index contributed by atoms with van der Waals surface area (Å²) in [7, 11) is 0. The van der Waals surface area contributed by atoms with Crippen LogP contribution in [0.25, 0.3) is 0 Å². The normalized spacial score (nSPS) is 15.7. The second-order valence-electron chi connectivity index (χ2n) is 4.55. The summed E-state index contributed by atoms with van der Waals surface area (Å²) >= 11 is 0. The largest absolute Gasteiger partial charge is 0.481 e. The van der Waals surface area contributed by atoms with Crippen molar-refractivity contribution in [2.24, 2.45) is 0 Å². The first-order valence-electron chi connectivity index (χ1n) is 5.98. The average molecular weight is 253 g/mol. The predicted octanol–water partition coefficient (Wildman–Crippen LogP) is 2.26. The number of hydrogen-bond donors (Lipinski definition) is 3. The molecule has 0 spiro atoms. The van der Waals surface area contributed by atoms with E-state index in [0.29, 0.717) is 19.3 Å². The van der Waals surface area contributed by atoms with Gasteiger partial charge in [-0.15, -0.1) is 0 Å². The van der Waals surface area contributed by atoms with Gasteiger partial charge in [-0.3, -0.25) is 9.59 Å². The highest BCUT2D eigenvalue weighted by atomic mass is 16.4. The molecule has 1 rings (SSSR count). The van der Waals surface area contributed by atoms with Crippen molar-refractivity contribution >= 4 is 11.9 Å². The maximum Gasteiger partial charge on any atom is 0.303 e. The number of carboxylic acids is 2. The van der Waals surface area contributed by atoms with Gasteiger partial charge >= 0.3 is 11.9 Å². The standard InChI is InChI=1S/C13H19NO4/c1-8-10(3-5-12(15)16)7-11(9(2)14-8)4-6-13(17)18/h14H,3-7H2,1-2H3,(H,15,16)(H,17,18). The minimum absolute atomic E-state index is 0.111. The quantitative estimate of drug-likeness (QED) is 0.676. The third kappa shape index (κ3) is 4.24. The first kappa shape index (κ1) is 14.3. The smallest absolute Gasteiger partial charge is 0.303 e. The molecule has 1 aliphatic rings. The highest BCUT2D eigenvalue weighted by molar-refractivity contribution is 5.67. The number of carbonyl (C=O) groups is 2. The van der Waals surface area contributed by atoms with Gasteiger partial charge in [-0.25, -0.2) is 0 Å². The molecule has 5 nitrogen and oxygen atoms in total. The van der Waals surface area contributed by atoms with Crippen LogP contribution in [0.5, 0.6) is 0 Å². The van der Waals surface area contributed by atoms with Gasteiger partial charge in [-0.2, -0.15) is 0 Å². The lowest BCUT2D eigenvalue weighted by Gasteiger charge is -2.24. The van der Waals surface area contributed by atoms with Crippen molar-refractivity contribution in [2.45, 2.75) is 46.0 Å². The predicted molar refractivity (Wildman–Crippen MR) is 66.9 cm³/mol. The number of dihydropyridines is 1. The summed E-state index contributed by atoms with van der Waals surface area (Å²) in [6.45, 7) is 3.85. The van der Waals surface area contributed by atoms with E-state index in [9.17, 15) is 9.59 Å². The summed E-state index contributed by atoms with van der Waals surface area (Å²) in [4.78, 5) is 21.2. The lowest BCUT2D eigenvalue weighted by atomic mass is 9.92. The summed E-state index contributed by atoms with van der Waals surface area (Å²) in [5, 5.41) is 20.6. The lowest BCUT2D eigenvalue weighted by Crippen LogP contribution is -2.19. The Bertz CT molecular complexity index is 383. The van der Waals surface area contributed by atoms with Gasteiger partial charge in [-0.1, -0.05) is 0 Å². The first-order valence-corrected chi connectivity index (χ1v) is 5.98. The average Bonchev–Trinajstić information content (AvgIpc) is 2.26. The number of rotatable bonds is 6. The van der Waals surface area contributed by atoms with Crippen LogP contribution in [0.1, 0.15) is 46.0 Å². The van der Waals surface area contributed by atoms with Crippen LogP contribution in [0.15, 0.2) is 22.5 Å². The van der Waals surface area contributed by atoms with Gasteiger partial charge in [0.2, 0.25) is 0 Å². The van der Waals surface area contributed by atoms with Gasteiger partial charge in [-0.05, 0) is 44.3 Å². The van der Waals surface area contributed by atoms with Crippen molar-refractivity contribution in [1.82, 2.24) is 5.32 Å². The highest BCUT2D eigenvalue weighted by Crippen LogP contribution is 2.28. The van der Waals surface area contributed by atoms with E-state index in [-0.39, 0.29) is 12.8 Å². The van der Waals surface area contributed by atoms with Crippen LogP contribution < -0.4 is 5.32 Å². The highest BCUT2D eigenvalue weighted by Gasteiger charge is 2.16. The zero-order valence-electron chi connectivity index (χ0n) is 10.7. The molecule has 0 aromatic carbocycles. The van der Waals surface area contributed by atoms with E-state index in [4.69, 9.17) is 10.2 Å². The van der Waals surface area contributed by atoms with Crippen LogP contribution in [-0.4, -0.2) is 22.2 Å². The topological polar surface area (TPSA) is 86.6 Å². The molecule has 0 fully saturated rings. The second kappa shape index (κ2) is 6.23. The van der Waals surface area contributed by atoms with E-state index in [1.54, 1.807) is 0 Å². The van der Waals surface area contributed by atoms with Crippen molar-refractivity contribution in [1.29, 1.82) is 0 Å². The number of aliphatic carboxylic acids is 2. The molecule has 0 bridgehead atoms. The maximum atomic E-state index is 10.6. The molecule has 1 aliphatic heterocycles. The van der Waals surface area contributed by atoms with E-state index >= 15 is 0 Å². The van der Waals surface area contributed by atoms with E-state index in [2.05, 4.69) is 5.32 Å². The molecule has 0 amide bonds. The Labute approximate surface area is 106 Å². The Hall–Kier alpha value is -1.78. The molecule has 0 saturated heterocycles. The molecule has 0 aliphatic carbocycles. The summed E-state index contributed by atoms with van der Waals surface area (Å²) in [6, 6.07) is 0. The summed E-state index contributed by atoms with van der Waals surface area (Å²) in [5.74, 6) is -1.62. The van der Waals surface area contributed by atoms with Crippen molar-refractivity contribution in [2.75, 3.05) is 0 Å². The molecule has 5 heteroatoms. The van der Waals surface area contributed by atoms with E-state index in [1.165, 1.54) is 0 Å². The molecule has 3 N–H and O–H groups in total. The third-order valence-corrected chi connectivity index (χ3v) is 3.14. The van der Waals surface area contributed by atoms with Crippen LogP contribution >= 0.6 is 0 Å². The maximum absolute atomic E-state index is 10.6. The van der Waals surface area contributed by atoms with Crippen LogP contribution in [-0.2, 0) is 9.59 Å². The Kier molecular flexibility index (Phi) is 4.95. The van der Waals surface area contributed by atoms with Crippen LogP contribution in [0.4, 0.5) is 0 Å². The lowest BCUT2D eigenvalue weighted by molar-refractivity contribution is -0.137. The van der Waals surface area contributed by atoms with Gasteiger partial charge in [0.05, 0.1) is 0 Å². The van der Waals surface area contributed by atoms with Gasteiger partial charge in [0.1, 0.15) is 0 Å². The molecule has 0 radical (unpaired) electrons. The molecule has 0 aromatic rings. The number of hydrogen-bond acceptors (Lipinski definition) is 3. The molecule has 0 aromatic heterocycles. The van der Waals surface area contributed by atoms with E-state index < -0.39 is 11.9 Å². The van der Waals surface area contributed by atoms with Gasteiger partial charge in [0, 0.05) is 24.2 Å². The Balaban J connectivity index is 2.64. The van der Waals surface area contributed by atoms with Gasteiger partial charge in [0.15, 0.2) is 0 Å². The first-order chi connectivity index (χ1) is 8.40. The SMILES string of the molecule is CC1=C(CCC(=O)O)CC(CCC(=O)O)=C(C)N1. The monoisotopic (exact) mass is 253 g/mol. The fourth-order valence-corrected chi connectivity index (χ4v) is 2.05. The van der Waals surface area contributed by atoms with Crippen LogP contribution in [0.3, 0.4) is 0 Å². The zero-order valence-corrected chi connectivity index (χ0v) is 10.7. The number of carboxylic acid groups (broad SMARTS) is 2. The molecule has 0 atom stereocenters. The number of nitrogens with one attached hydrogen (secondary N) is 1. The molecule has 0 saturated carbocycles. The molecule has 18 heavy (non-hydrogen) atoms. The molecular weight excluding hydrogens is 234 g/mol. The Morgan fingerprint density at radius 2 is 1.39 bits per heavy atom. The molecule has 100 valence electrons. The number of allylic oxidation sites excluding steroid dienone is 4. The van der Waals surface area contributed by atoms with Gasteiger partial charge < -0.3 is 15.5 Å². The van der Waals surface area contributed by atoms with E-state index in [0.717, 1.165) is 22.5 Å². The third-order valence-electron chi connectivity index (χ3n) is 3.14. The minimum atomic E-state index is -0.811. The summed E-state index contributed by atoms with van der Waals surface area (Å²) in [6.07, 6.45) is 1.93. The minimum Gasteiger partial charge on any atom is -0.481 e. The fourth-order valence-electron chi connectivity index (χ4n) is 2.05. The van der Waals surface area contributed by atoms with Crippen molar-refractivity contribution in [3.05, 3.63) is 22.5 Å². The molecule has 1 heterocycles. The zero-order chi connectivity index (χ0) is 13.7. The van der Waals surface area contributed by atoms with Gasteiger partial charge in [0.25, 0.3) is 0 Å². The van der Waals surface area contributed by atoms with Crippen molar-refractivity contribution in [3.63, 3.8) is 0 Å². The summed E-state index contributed by atoms with van der Waals surface area (Å²) < 4.78 is 0. The second-order valence-corrected chi connectivity index (χ2v) is 4.55. The fraction of sp³-hybridized carbons (Fsp3) is 0.538. The molecular formula is C13H19NO4. The van der Waals surface area contributed by atoms with Crippen LogP contribution in [0, 0.1) is 0 Å². The Morgan fingerprint density at radius 1 is 1.00 bits per heavy atom. The summed E-state index contributed by atoms with van der Waals surface area (Å²) in [5.41, 5.74) is 4.10. The molecule has 0 unspecified atom stereocenters. The van der Waals surface area contributed by atoms with Crippen molar-refractivity contribution in [3.8, 4) is 0 Å². The van der Waals surface area contributed by atoms with E-state index in [1.807, 2.05) is 13.8 Å². The Morgan fingerprint density at radius 3 is 1.72 bits per heavy atom. The van der Waals surface area contributed by atoms with Crippen LogP contribution in [0.2, 0.25) is 0 Å².